The summed E-state index contributed by atoms with van der Waals surface area (Å²) in [5.41, 5.74) is 1.29. The van der Waals surface area contributed by atoms with E-state index in [1.807, 2.05) is 6.20 Å². The SMILES string of the molecule is Cc1cc([N+](=O)[O-])ccc1NC(=O)N1CCC(n2ccnc2)CC1. The molecule has 1 N–H and O–H groups in total. The fraction of sp³-hybridized carbons (Fsp3) is 0.375. The van der Waals surface area contributed by atoms with E-state index in [1.165, 1.54) is 12.1 Å². The number of likely N-dealkylation sites (tertiary alicyclic amines) is 1. The summed E-state index contributed by atoms with van der Waals surface area (Å²) in [5.74, 6) is 0. The second-order valence-corrected chi connectivity index (χ2v) is 5.91. The average Bonchev–Trinajstić information content (AvgIpc) is 3.11. The van der Waals surface area contributed by atoms with Gasteiger partial charge in [-0.3, -0.25) is 10.1 Å². The quantitative estimate of drug-likeness (QED) is 0.692. The van der Waals surface area contributed by atoms with Gasteiger partial charge in [-0.1, -0.05) is 0 Å². The van der Waals surface area contributed by atoms with Gasteiger partial charge in [-0.15, -0.1) is 0 Å². The minimum atomic E-state index is -0.445. The Kier molecular flexibility index (Phi) is 4.45. The van der Waals surface area contributed by atoms with Crippen LogP contribution in [0.2, 0.25) is 0 Å². The van der Waals surface area contributed by atoms with Crippen LogP contribution in [0.1, 0.15) is 24.4 Å². The Balaban J connectivity index is 1.59. The zero-order chi connectivity index (χ0) is 17.1. The van der Waals surface area contributed by atoms with E-state index >= 15 is 0 Å². The first-order valence-electron chi connectivity index (χ1n) is 7.83. The second kappa shape index (κ2) is 6.69. The van der Waals surface area contributed by atoms with Crippen molar-refractivity contribution in [3.8, 4) is 0 Å². The van der Waals surface area contributed by atoms with Crippen LogP contribution in [-0.4, -0.2) is 38.5 Å². The summed E-state index contributed by atoms with van der Waals surface area (Å²) in [4.78, 5) is 28.5. The maximum Gasteiger partial charge on any atom is 0.321 e. The molecule has 0 bridgehead atoms. The molecule has 0 radical (unpaired) electrons. The monoisotopic (exact) mass is 329 g/mol. The van der Waals surface area contributed by atoms with Gasteiger partial charge in [0.25, 0.3) is 5.69 Å². The number of non-ortho nitro benzene ring substituents is 1. The smallest absolute Gasteiger partial charge is 0.321 e. The number of nitro benzene ring substituents is 1. The number of piperidine rings is 1. The molecule has 8 nitrogen and oxygen atoms in total. The number of aryl methyl sites for hydroxylation is 1. The molecule has 3 rings (SSSR count). The lowest BCUT2D eigenvalue weighted by Crippen LogP contribution is -2.41. The molecule has 24 heavy (non-hydrogen) atoms. The molecule has 0 aliphatic carbocycles. The summed E-state index contributed by atoms with van der Waals surface area (Å²) in [6, 6.07) is 4.63. The van der Waals surface area contributed by atoms with E-state index < -0.39 is 4.92 Å². The van der Waals surface area contributed by atoms with Crippen LogP contribution in [-0.2, 0) is 0 Å². The van der Waals surface area contributed by atoms with E-state index in [1.54, 1.807) is 30.4 Å². The van der Waals surface area contributed by atoms with Gasteiger partial charge < -0.3 is 14.8 Å². The molecule has 126 valence electrons. The summed E-state index contributed by atoms with van der Waals surface area (Å²) in [5, 5.41) is 13.6. The zero-order valence-corrected chi connectivity index (χ0v) is 13.4. The zero-order valence-electron chi connectivity index (χ0n) is 13.4. The third-order valence-corrected chi connectivity index (χ3v) is 4.36. The number of amides is 2. The molecule has 2 amide bonds. The molecule has 1 aliphatic rings. The molecule has 1 saturated heterocycles. The van der Waals surface area contributed by atoms with Crippen LogP contribution in [0.4, 0.5) is 16.2 Å². The fourth-order valence-corrected chi connectivity index (χ4v) is 2.95. The van der Waals surface area contributed by atoms with E-state index in [0.29, 0.717) is 30.4 Å². The van der Waals surface area contributed by atoms with Crippen LogP contribution in [0.25, 0.3) is 0 Å². The van der Waals surface area contributed by atoms with Gasteiger partial charge in [-0.2, -0.15) is 0 Å². The molecule has 0 atom stereocenters. The molecule has 2 heterocycles. The predicted octanol–water partition coefficient (Wildman–Crippen LogP) is 2.97. The van der Waals surface area contributed by atoms with Crippen molar-refractivity contribution < 1.29 is 9.72 Å². The normalized spacial score (nSPS) is 15.3. The number of hydrogen-bond acceptors (Lipinski definition) is 4. The lowest BCUT2D eigenvalue weighted by molar-refractivity contribution is -0.384. The molecule has 2 aromatic rings. The molecule has 8 heteroatoms. The topological polar surface area (TPSA) is 93.3 Å². The first-order valence-corrected chi connectivity index (χ1v) is 7.83. The van der Waals surface area contributed by atoms with Crippen LogP contribution >= 0.6 is 0 Å². The highest BCUT2D eigenvalue weighted by atomic mass is 16.6. The first kappa shape index (κ1) is 16.0. The van der Waals surface area contributed by atoms with E-state index in [0.717, 1.165) is 12.8 Å². The Labute approximate surface area is 139 Å². The van der Waals surface area contributed by atoms with Crippen LogP contribution in [0.3, 0.4) is 0 Å². The van der Waals surface area contributed by atoms with Crippen LogP contribution in [0.15, 0.2) is 36.9 Å². The highest BCUT2D eigenvalue weighted by Crippen LogP contribution is 2.24. The second-order valence-electron chi connectivity index (χ2n) is 5.91. The number of nitrogens with one attached hydrogen (secondary N) is 1. The minimum absolute atomic E-state index is 0.0200. The number of carbonyl (C=O) groups excluding carboxylic acids is 1. The number of nitrogens with zero attached hydrogens (tertiary/aromatic N) is 4. The highest BCUT2D eigenvalue weighted by molar-refractivity contribution is 5.90. The molecular weight excluding hydrogens is 310 g/mol. The average molecular weight is 329 g/mol. The van der Waals surface area contributed by atoms with E-state index in [9.17, 15) is 14.9 Å². The third-order valence-electron chi connectivity index (χ3n) is 4.36. The maximum absolute atomic E-state index is 12.4. The van der Waals surface area contributed by atoms with Crippen LogP contribution in [0.5, 0.6) is 0 Å². The van der Waals surface area contributed by atoms with E-state index in [-0.39, 0.29) is 11.7 Å². The van der Waals surface area contributed by atoms with Crippen molar-refractivity contribution >= 4 is 17.4 Å². The number of imidazole rings is 1. The highest BCUT2D eigenvalue weighted by Gasteiger charge is 2.24. The first-order chi connectivity index (χ1) is 11.5. The lowest BCUT2D eigenvalue weighted by Gasteiger charge is -2.32. The molecule has 1 aromatic heterocycles. The number of urea groups is 1. The van der Waals surface area contributed by atoms with Gasteiger partial charge in [0.05, 0.1) is 11.3 Å². The number of nitro groups is 1. The summed E-state index contributed by atoms with van der Waals surface area (Å²) in [6.07, 6.45) is 7.27. The van der Waals surface area contributed by atoms with Gasteiger partial charge in [0.1, 0.15) is 0 Å². The largest absolute Gasteiger partial charge is 0.334 e. The standard InChI is InChI=1S/C16H19N5O3/c1-12-10-14(21(23)24)2-3-15(12)18-16(22)19-7-4-13(5-8-19)20-9-6-17-11-20/h2-3,6,9-11,13H,4-5,7-8H2,1H3,(H,18,22). The van der Waals surface area contributed by atoms with Crippen LogP contribution in [0, 0.1) is 17.0 Å². The summed E-state index contributed by atoms with van der Waals surface area (Å²) in [6.45, 7) is 3.08. The number of rotatable bonds is 3. The van der Waals surface area contributed by atoms with Gasteiger partial charge in [-0.25, -0.2) is 9.78 Å². The van der Waals surface area contributed by atoms with E-state index in [4.69, 9.17) is 0 Å². The molecule has 1 aromatic carbocycles. The van der Waals surface area contributed by atoms with Gasteiger partial charge in [0.2, 0.25) is 0 Å². The molecule has 1 aliphatic heterocycles. The fourth-order valence-electron chi connectivity index (χ4n) is 2.95. The number of hydrogen-bond donors (Lipinski definition) is 1. The van der Waals surface area contributed by atoms with Crippen molar-refractivity contribution in [3.05, 3.63) is 52.6 Å². The van der Waals surface area contributed by atoms with Gasteiger partial charge in [-0.05, 0) is 31.4 Å². The lowest BCUT2D eigenvalue weighted by atomic mass is 10.1. The number of carbonyl (C=O) groups is 1. The van der Waals surface area contributed by atoms with Crippen molar-refractivity contribution in [2.45, 2.75) is 25.8 Å². The Morgan fingerprint density at radius 2 is 2.12 bits per heavy atom. The molecule has 1 fully saturated rings. The van der Waals surface area contributed by atoms with Crippen molar-refractivity contribution in [2.75, 3.05) is 18.4 Å². The van der Waals surface area contributed by atoms with Crippen molar-refractivity contribution in [1.82, 2.24) is 14.5 Å². The summed E-state index contributed by atoms with van der Waals surface area (Å²) in [7, 11) is 0. The number of anilines is 1. The summed E-state index contributed by atoms with van der Waals surface area (Å²) >= 11 is 0. The Morgan fingerprint density at radius 1 is 1.38 bits per heavy atom. The maximum atomic E-state index is 12.4. The van der Waals surface area contributed by atoms with Crippen molar-refractivity contribution in [2.24, 2.45) is 0 Å². The molecule has 0 unspecified atom stereocenters. The number of aromatic nitrogens is 2. The third kappa shape index (κ3) is 3.37. The van der Waals surface area contributed by atoms with E-state index in [2.05, 4.69) is 14.9 Å². The Morgan fingerprint density at radius 3 is 2.71 bits per heavy atom. The van der Waals surface area contributed by atoms with Crippen LogP contribution < -0.4 is 5.32 Å². The van der Waals surface area contributed by atoms with Gasteiger partial charge >= 0.3 is 6.03 Å². The molecule has 0 spiro atoms. The van der Waals surface area contributed by atoms with Gasteiger partial charge in [0.15, 0.2) is 0 Å². The van der Waals surface area contributed by atoms with Crippen molar-refractivity contribution in [3.63, 3.8) is 0 Å². The van der Waals surface area contributed by atoms with Gasteiger partial charge in [0, 0.05) is 49.3 Å². The number of benzene rings is 1. The molecule has 0 saturated carbocycles. The van der Waals surface area contributed by atoms with Crippen molar-refractivity contribution in [1.29, 1.82) is 0 Å². The molecular formula is C16H19N5O3. The predicted molar refractivity (Wildman–Crippen MR) is 88.9 cm³/mol. The summed E-state index contributed by atoms with van der Waals surface area (Å²) < 4.78 is 2.08. The minimum Gasteiger partial charge on any atom is -0.334 e. The Bertz CT molecular complexity index is 736. The Hall–Kier alpha value is -2.90.